The highest BCUT2D eigenvalue weighted by molar-refractivity contribution is 5.77. The van der Waals surface area contributed by atoms with Gasteiger partial charge >= 0.3 is 0 Å². The van der Waals surface area contributed by atoms with Gasteiger partial charge in [0.15, 0.2) is 0 Å². The molecule has 0 aromatic heterocycles. The van der Waals surface area contributed by atoms with Crippen LogP contribution in [0.2, 0.25) is 0 Å². The van der Waals surface area contributed by atoms with Gasteiger partial charge in [-0.15, -0.1) is 0 Å². The quantitative estimate of drug-likeness (QED) is 0.721. The van der Waals surface area contributed by atoms with Crippen molar-refractivity contribution < 1.29 is 10.2 Å². The van der Waals surface area contributed by atoms with E-state index in [9.17, 15) is 10.2 Å². The monoisotopic (exact) mass is 255 g/mol. The van der Waals surface area contributed by atoms with E-state index < -0.39 is 6.10 Å². The molecule has 1 aromatic rings. The smallest absolute Gasteiger partial charge is 0.129 e. The van der Waals surface area contributed by atoms with E-state index in [1.807, 2.05) is 18.2 Å². The lowest BCUT2D eigenvalue weighted by atomic mass is 9.89. The number of nitrogens with one attached hydrogen (secondary N) is 1. The van der Waals surface area contributed by atoms with Gasteiger partial charge in [-0.25, -0.2) is 0 Å². The molecular weight excluding hydrogens is 238 g/mol. The molecule has 3 heteroatoms. The van der Waals surface area contributed by atoms with Crippen LogP contribution in [0.1, 0.15) is 12.0 Å². The molecule has 98 valence electrons. The molecule has 0 amide bonds. The van der Waals surface area contributed by atoms with Crippen molar-refractivity contribution in [3.8, 4) is 0 Å². The van der Waals surface area contributed by atoms with E-state index in [0.29, 0.717) is 0 Å². The first-order valence-electron chi connectivity index (χ1n) is 6.54. The van der Waals surface area contributed by atoms with Crippen LogP contribution in [0.25, 0.3) is 5.57 Å². The fourth-order valence-corrected chi connectivity index (χ4v) is 2.62. The zero-order valence-corrected chi connectivity index (χ0v) is 10.6. The molecule has 1 atom stereocenters. The van der Waals surface area contributed by atoms with Gasteiger partial charge in [0.25, 0.3) is 0 Å². The van der Waals surface area contributed by atoms with Gasteiger partial charge in [-0.1, -0.05) is 30.3 Å². The van der Waals surface area contributed by atoms with Gasteiger partial charge in [-0.3, -0.25) is 0 Å². The number of benzene rings is 1. The molecule has 0 saturated heterocycles. The van der Waals surface area contributed by atoms with Crippen molar-refractivity contribution in [2.24, 2.45) is 0 Å². The van der Waals surface area contributed by atoms with Crippen molar-refractivity contribution in [2.45, 2.75) is 12.5 Å². The van der Waals surface area contributed by atoms with Gasteiger partial charge < -0.3 is 15.5 Å². The first kappa shape index (κ1) is 12.2. The summed E-state index contributed by atoms with van der Waals surface area (Å²) in [4.78, 5) is 0. The molecule has 0 radical (unpaired) electrons. The third-order valence-electron chi connectivity index (χ3n) is 3.62. The van der Waals surface area contributed by atoms with Gasteiger partial charge in [0.1, 0.15) is 11.9 Å². The summed E-state index contributed by atoms with van der Waals surface area (Å²) < 4.78 is 0. The molecule has 3 rings (SSSR count). The molecule has 1 unspecified atom stereocenters. The maximum Gasteiger partial charge on any atom is 0.129 e. The third kappa shape index (κ3) is 2.35. The van der Waals surface area contributed by atoms with Gasteiger partial charge in [0.05, 0.1) is 0 Å². The van der Waals surface area contributed by atoms with Crippen LogP contribution in [0.15, 0.2) is 59.4 Å². The zero-order chi connectivity index (χ0) is 13.2. The molecule has 2 aliphatic rings. The Kier molecular flexibility index (Phi) is 3.23. The summed E-state index contributed by atoms with van der Waals surface area (Å²) in [7, 11) is 0. The number of allylic oxidation sites excluding steroid dienone is 2. The molecular formula is C16H17NO2. The van der Waals surface area contributed by atoms with Gasteiger partial charge in [-0.2, -0.15) is 0 Å². The Balaban J connectivity index is 2.14. The second-order valence-corrected chi connectivity index (χ2v) is 4.89. The lowest BCUT2D eigenvalue weighted by Gasteiger charge is -2.19. The van der Waals surface area contributed by atoms with Crippen molar-refractivity contribution in [2.75, 3.05) is 13.1 Å². The van der Waals surface area contributed by atoms with Crippen LogP contribution in [-0.2, 0) is 0 Å². The lowest BCUT2D eigenvalue weighted by molar-refractivity contribution is 0.190. The lowest BCUT2D eigenvalue weighted by Crippen LogP contribution is -2.15. The maximum atomic E-state index is 9.79. The Morgan fingerprint density at radius 1 is 1.16 bits per heavy atom. The number of hydrogen-bond acceptors (Lipinski definition) is 3. The van der Waals surface area contributed by atoms with Crippen LogP contribution < -0.4 is 5.32 Å². The Bertz CT molecular complexity index is 570. The summed E-state index contributed by atoms with van der Waals surface area (Å²) in [5.41, 5.74) is 4.47. The van der Waals surface area contributed by atoms with E-state index in [2.05, 4.69) is 17.4 Å². The number of hydrogen-bond donors (Lipinski definition) is 3. The fraction of sp³-hybridized carbons (Fsp3) is 0.250. The number of rotatable bonds is 1. The van der Waals surface area contributed by atoms with Crippen molar-refractivity contribution in [1.29, 1.82) is 0 Å². The minimum Gasteiger partial charge on any atom is -0.509 e. The number of fused-ring (bicyclic) bond motifs is 1. The highest BCUT2D eigenvalue weighted by Gasteiger charge is 2.22. The summed E-state index contributed by atoms with van der Waals surface area (Å²) in [6.07, 6.45) is 3.46. The van der Waals surface area contributed by atoms with Gasteiger partial charge in [0.2, 0.25) is 0 Å². The van der Waals surface area contributed by atoms with Gasteiger partial charge in [0, 0.05) is 6.54 Å². The summed E-state index contributed by atoms with van der Waals surface area (Å²) in [6.45, 7) is 1.66. The van der Waals surface area contributed by atoms with Crippen LogP contribution in [0.4, 0.5) is 0 Å². The Morgan fingerprint density at radius 2 is 1.95 bits per heavy atom. The predicted molar refractivity (Wildman–Crippen MR) is 75.7 cm³/mol. The van der Waals surface area contributed by atoms with E-state index in [0.717, 1.165) is 36.2 Å². The van der Waals surface area contributed by atoms with Crippen LogP contribution in [0.3, 0.4) is 0 Å². The molecule has 0 spiro atoms. The molecule has 1 aliphatic carbocycles. The summed E-state index contributed by atoms with van der Waals surface area (Å²) in [5.74, 6) is 0.0223. The van der Waals surface area contributed by atoms with Crippen molar-refractivity contribution in [3.05, 3.63) is 65.0 Å². The van der Waals surface area contributed by atoms with Crippen LogP contribution >= 0.6 is 0 Å². The fourth-order valence-electron chi connectivity index (χ4n) is 2.62. The topological polar surface area (TPSA) is 52.5 Å². The van der Waals surface area contributed by atoms with Gasteiger partial charge in [-0.05, 0) is 47.4 Å². The molecule has 1 heterocycles. The number of aliphatic hydroxyl groups excluding tert-OH is 2. The molecule has 0 saturated carbocycles. The Morgan fingerprint density at radius 3 is 2.74 bits per heavy atom. The van der Waals surface area contributed by atoms with Crippen LogP contribution in [-0.4, -0.2) is 29.4 Å². The SMILES string of the molecule is OC1=CC2=C(c3ccccc3)CNCCC2=CC1O. The second-order valence-electron chi connectivity index (χ2n) is 4.89. The summed E-state index contributed by atoms with van der Waals surface area (Å²) >= 11 is 0. The molecule has 1 aliphatic heterocycles. The van der Waals surface area contributed by atoms with Crippen molar-refractivity contribution in [3.63, 3.8) is 0 Å². The van der Waals surface area contributed by atoms with Crippen LogP contribution in [0, 0.1) is 0 Å². The highest BCUT2D eigenvalue weighted by Crippen LogP contribution is 2.32. The highest BCUT2D eigenvalue weighted by atomic mass is 16.3. The molecule has 3 nitrogen and oxygen atoms in total. The van der Waals surface area contributed by atoms with E-state index in [4.69, 9.17) is 0 Å². The maximum absolute atomic E-state index is 9.79. The van der Waals surface area contributed by atoms with E-state index in [1.54, 1.807) is 12.2 Å². The molecule has 3 N–H and O–H groups in total. The first-order valence-corrected chi connectivity index (χ1v) is 6.54. The molecule has 0 bridgehead atoms. The largest absolute Gasteiger partial charge is 0.509 e. The van der Waals surface area contributed by atoms with E-state index in [1.165, 1.54) is 5.57 Å². The second kappa shape index (κ2) is 5.03. The standard InChI is InChI=1S/C16H17NO2/c18-15-8-12-6-7-17-10-14(13(12)9-16(15)19)11-4-2-1-3-5-11/h1-5,8-9,15,17-19H,6-7,10H2. The third-order valence-corrected chi connectivity index (χ3v) is 3.62. The van der Waals surface area contributed by atoms with Crippen molar-refractivity contribution >= 4 is 5.57 Å². The van der Waals surface area contributed by atoms with Crippen LogP contribution in [0.5, 0.6) is 0 Å². The zero-order valence-electron chi connectivity index (χ0n) is 10.6. The molecule has 1 aromatic carbocycles. The Hall–Kier alpha value is -1.84. The molecule has 19 heavy (non-hydrogen) atoms. The summed E-state index contributed by atoms with van der Waals surface area (Å²) in [6, 6.07) is 10.2. The normalized spacial score (nSPS) is 23.3. The predicted octanol–water partition coefficient (Wildman–Crippen LogP) is 2.18. The first-order chi connectivity index (χ1) is 9.25. The van der Waals surface area contributed by atoms with E-state index >= 15 is 0 Å². The molecule has 0 fully saturated rings. The average molecular weight is 255 g/mol. The minimum atomic E-state index is -0.867. The number of aliphatic hydroxyl groups is 2. The Labute approximate surface area is 112 Å². The van der Waals surface area contributed by atoms with E-state index in [-0.39, 0.29) is 5.76 Å². The summed E-state index contributed by atoms with van der Waals surface area (Å²) in [5, 5.41) is 22.9. The van der Waals surface area contributed by atoms with Crippen molar-refractivity contribution in [1.82, 2.24) is 5.32 Å². The average Bonchev–Trinajstić information content (AvgIpc) is 2.63. The minimum absolute atomic E-state index is 0.0223.